The van der Waals surface area contributed by atoms with Gasteiger partial charge in [0, 0.05) is 38.7 Å². The van der Waals surface area contributed by atoms with E-state index in [1.165, 1.54) is 27.7 Å². The molecule has 0 aliphatic carbocycles. The first-order valence-corrected chi connectivity index (χ1v) is 11.6. The standard InChI is InChI=1S/C16H21NO6S4/c1-8(18)24-7-12-13(25-9(2)19)14(26-10(3)20)15(27-11(4)21)16(23-12)22-6-5-17/h12-16H,6-7H2,1-4H3/t12-,13-,14-,15-,16+/m1/s1. The second kappa shape index (κ2) is 12.1. The highest BCUT2D eigenvalue weighted by Crippen LogP contribution is 2.43. The van der Waals surface area contributed by atoms with E-state index in [0.717, 1.165) is 47.0 Å². The Kier molecular flexibility index (Phi) is 11.0. The number of carbonyl (C=O) groups excluding carboxylic acids is 4. The third kappa shape index (κ3) is 8.58. The van der Waals surface area contributed by atoms with Crippen molar-refractivity contribution >= 4 is 67.5 Å². The topological polar surface area (TPSA) is 111 Å². The molecule has 1 fully saturated rings. The molecule has 0 N–H and O–H groups in total. The second-order valence-electron chi connectivity index (χ2n) is 5.54. The molecule has 5 atom stereocenters. The number of carbonyl (C=O) groups is 4. The van der Waals surface area contributed by atoms with Gasteiger partial charge in [-0.25, -0.2) is 0 Å². The highest BCUT2D eigenvalue weighted by Gasteiger charge is 2.49. The number of nitrogens with zero attached hydrogens (tertiary/aromatic N) is 1. The van der Waals surface area contributed by atoms with Crippen LogP contribution in [0, 0.1) is 11.3 Å². The first kappa shape index (κ1) is 24.5. The molecule has 0 aromatic rings. The Bertz CT molecular complexity index is 623. The molecule has 1 saturated heterocycles. The quantitative estimate of drug-likeness (QED) is 0.569. The molecule has 0 radical (unpaired) electrons. The van der Waals surface area contributed by atoms with Crippen LogP contribution in [0.2, 0.25) is 0 Å². The lowest BCUT2D eigenvalue weighted by atomic mass is 10.1. The van der Waals surface area contributed by atoms with Crippen molar-refractivity contribution in [3.63, 3.8) is 0 Å². The van der Waals surface area contributed by atoms with Gasteiger partial charge in [0.2, 0.25) is 0 Å². The maximum absolute atomic E-state index is 11.8. The normalized spacial score (nSPS) is 27.6. The fourth-order valence-corrected chi connectivity index (χ4v) is 6.91. The van der Waals surface area contributed by atoms with E-state index >= 15 is 0 Å². The minimum absolute atomic E-state index is 0.101. The predicted molar refractivity (Wildman–Crippen MR) is 110 cm³/mol. The molecule has 0 aromatic carbocycles. The summed E-state index contributed by atoms with van der Waals surface area (Å²) >= 11 is 4.09. The summed E-state index contributed by atoms with van der Waals surface area (Å²) in [4.78, 5) is 46.8. The Hall–Kier alpha value is -0.510. The monoisotopic (exact) mass is 451 g/mol. The van der Waals surface area contributed by atoms with Crippen molar-refractivity contribution in [1.29, 1.82) is 5.26 Å². The Morgan fingerprint density at radius 3 is 1.89 bits per heavy atom. The zero-order valence-electron chi connectivity index (χ0n) is 15.3. The molecule has 150 valence electrons. The molecule has 0 saturated carbocycles. The lowest BCUT2D eigenvalue weighted by molar-refractivity contribution is -0.173. The fraction of sp³-hybridized carbons (Fsp3) is 0.688. The first-order valence-electron chi connectivity index (χ1n) is 7.94. The van der Waals surface area contributed by atoms with E-state index < -0.39 is 28.1 Å². The van der Waals surface area contributed by atoms with Crippen molar-refractivity contribution < 1.29 is 28.7 Å². The zero-order chi connectivity index (χ0) is 20.6. The summed E-state index contributed by atoms with van der Waals surface area (Å²) in [5.74, 6) is 0.277. The van der Waals surface area contributed by atoms with Crippen LogP contribution in [0.3, 0.4) is 0 Å². The predicted octanol–water partition coefficient (Wildman–Crippen LogP) is 2.48. The third-order valence-electron chi connectivity index (χ3n) is 3.26. The van der Waals surface area contributed by atoms with Crippen LogP contribution in [0.5, 0.6) is 0 Å². The average Bonchev–Trinajstić information content (AvgIpc) is 2.54. The molecule has 1 aliphatic heterocycles. The number of nitriles is 1. The molecule has 7 nitrogen and oxygen atoms in total. The molecule has 27 heavy (non-hydrogen) atoms. The maximum atomic E-state index is 11.8. The summed E-state index contributed by atoms with van der Waals surface area (Å²) < 4.78 is 11.4. The highest BCUT2D eigenvalue weighted by molar-refractivity contribution is 8.19. The highest BCUT2D eigenvalue weighted by atomic mass is 32.2. The van der Waals surface area contributed by atoms with E-state index in [0.29, 0.717) is 0 Å². The van der Waals surface area contributed by atoms with Crippen LogP contribution in [0.1, 0.15) is 27.7 Å². The van der Waals surface area contributed by atoms with E-state index in [2.05, 4.69) is 0 Å². The van der Waals surface area contributed by atoms with Gasteiger partial charge in [-0.2, -0.15) is 5.26 Å². The minimum Gasteiger partial charge on any atom is -0.346 e. The lowest BCUT2D eigenvalue weighted by Gasteiger charge is -2.44. The molecular formula is C16H21NO6S4. The summed E-state index contributed by atoms with van der Waals surface area (Å²) in [6, 6.07) is 1.86. The second-order valence-corrected chi connectivity index (χ2v) is 10.8. The molecule has 0 bridgehead atoms. The van der Waals surface area contributed by atoms with Crippen molar-refractivity contribution in [3.8, 4) is 6.07 Å². The third-order valence-corrected chi connectivity index (χ3v) is 8.02. The molecule has 0 amide bonds. The van der Waals surface area contributed by atoms with Crippen LogP contribution in [-0.2, 0) is 28.7 Å². The number of rotatable bonds is 7. The van der Waals surface area contributed by atoms with Crippen molar-refractivity contribution in [2.45, 2.75) is 55.8 Å². The molecule has 0 unspecified atom stereocenters. The first-order chi connectivity index (χ1) is 12.6. The van der Waals surface area contributed by atoms with E-state index in [-0.39, 0.29) is 32.8 Å². The van der Waals surface area contributed by atoms with Gasteiger partial charge >= 0.3 is 0 Å². The Balaban J connectivity index is 3.25. The van der Waals surface area contributed by atoms with Gasteiger partial charge in [0.15, 0.2) is 26.8 Å². The van der Waals surface area contributed by atoms with Gasteiger partial charge in [-0.05, 0) is 0 Å². The van der Waals surface area contributed by atoms with E-state index in [4.69, 9.17) is 14.7 Å². The summed E-state index contributed by atoms with van der Waals surface area (Å²) in [5, 5.41) is 6.75. The van der Waals surface area contributed by atoms with Crippen molar-refractivity contribution in [2.75, 3.05) is 12.4 Å². The molecule has 0 aromatic heterocycles. The summed E-state index contributed by atoms with van der Waals surface area (Å²) in [7, 11) is 0. The number of hydrogen-bond donors (Lipinski definition) is 0. The van der Waals surface area contributed by atoms with Crippen LogP contribution in [0.15, 0.2) is 0 Å². The number of hydrogen-bond acceptors (Lipinski definition) is 11. The van der Waals surface area contributed by atoms with E-state index in [9.17, 15) is 19.2 Å². The summed E-state index contributed by atoms with van der Waals surface area (Å²) in [5.41, 5.74) is 0. The molecule has 0 spiro atoms. The van der Waals surface area contributed by atoms with Crippen LogP contribution >= 0.6 is 47.0 Å². The molecule has 1 rings (SSSR count). The van der Waals surface area contributed by atoms with Crippen LogP contribution in [0.4, 0.5) is 0 Å². The van der Waals surface area contributed by atoms with Gasteiger partial charge in [-0.15, -0.1) is 0 Å². The van der Waals surface area contributed by atoms with Gasteiger partial charge in [0.05, 0.1) is 22.7 Å². The van der Waals surface area contributed by atoms with Gasteiger partial charge < -0.3 is 9.47 Å². The number of thioether (sulfide) groups is 4. The molecule has 11 heteroatoms. The SMILES string of the molecule is CC(=O)SC[C@H]1O[C@H](OCC#N)[C@H](SC(C)=O)[C@H](SC(C)=O)[C@@H]1SC(C)=O. The fourth-order valence-electron chi connectivity index (χ4n) is 2.44. The van der Waals surface area contributed by atoms with E-state index in [1.54, 1.807) is 0 Å². The van der Waals surface area contributed by atoms with Gasteiger partial charge in [0.1, 0.15) is 6.61 Å². The maximum Gasteiger partial charge on any atom is 0.186 e. The smallest absolute Gasteiger partial charge is 0.186 e. The number of ether oxygens (including phenoxy) is 2. The molecule has 1 heterocycles. The summed E-state index contributed by atoms with van der Waals surface area (Å²) in [6.45, 7) is 5.41. The minimum atomic E-state index is -0.906. The Labute approximate surface area is 175 Å². The van der Waals surface area contributed by atoms with Crippen LogP contribution in [-0.4, -0.2) is 61.0 Å². The van der Waals surface area contributed by atoms with Crippen molar-refractivity contribution in [2.24, 2.45) is 0 Å². The Morgan fingerprint density at radius 2 is 1.41 bits per heavy atom. The van der Waals surface area contributed by atoms with Gasteiger partial charge in [-0.3, -0.25) is 19.2 Å². The van der Waals surface area contributed by atoms with Crippen LogP contribution < -0.4 is 0 Å². The average molecular weight is 452 g/mol. The molecular weight excluding hydrogens is 430 g/mol. The van der Waals surface area contributed by atoms with Crippen LogP contribution in [0.25, 0.3) is 0 Å². The summed E-state index contributed by atoms with van der Waals surface area (Å²) in [6.07, 6.45) is -1.46. The van der Waals surface area contributed by atoms with E-state index in [1.807, 2.05) is 6.07 Å². The lowest BCUT2D eigenvalue weighted by Crippen LogP contribution is -2.56. The van der Waals surface area contributed by atoms with Gasteiger partial charge in [0.25, 0.3) is 0 Å². The van der Waals surface area contributed by atoms with Crippen molar-refractivity contribution in [3.05, 3.63) is 0 Å². The largest absolute Gasteiger partial charge is 0.346 e. The van der Waals surface area contributed by atoms with Gasteiger partial charge in [-0.1, -0.05) is 47.0 Å². The zero-order valence-corrected chi connectivity index (χ0v) is 18.6. The Morgan fingerprint density at radius 1 is 0.889 bits per heavy atom. The molecule has 1 aliphatic rings. The van der Waals surface area contributed by atoms with Crippen molar-refractivity contribution in [1.82, 2.24) is 0 Å².